The number of para-hydroxylation sites is 1. The van der Waals surface area contributed by atoms with Crippen LogP contribution < -0.4 is 4.74 Å². The van der Waals surface area contributed by atoms with Gasteiger partial charge in [0.1, 0.15) is 5.75 Å². The lowest BCUT2D eigenvalue weighted by Crippen LogP contribution is -2.10. The van der Waals surface area contributed by atoms with Crippen LogP contribution in [0, 0.1) is 0 Å². The molecule has 0 saturated heterocycles. The monoisotopic (exact) mass is 335 g/mol. The first-order chi connectivity index (χ1) is 12.1. The van der Waals surface area contributed by atoms with E-state index < -0.39 is 5.97 Å². The van der Waals surface area contributed by atoms with Gasteiger partial charge in [-0.25, -0.2) is 4.79 Å². The van der Waals surface area contributed by atoms with Gasteiger partial charge in [0, 0.05) is 12.4 Å². The Morgan fingerprint density at radius 2 is 1.52 bits per heavy atom. The molecule has 25 heavy (non-hydrogen) atoms. The average Bonchev–Trinajstić information content (AvgIpc) is 2.64. The molecule has 5 heteroatoms. The molecular formula is C20H17NO4. The van der Waals surface area contributed by atoms with E-state index in [0.29, 0.717) is 12.2 Å². The number of carboxylic acid groups (broad SMARTS) is 1. The number of pyridine rings is 1. The van der Waals surface area contributed by atoms with Gasteiger partial charge in [0.15, 0.2) is 0 Å². The Morgan fingerprint density at radius 3 is 2.04 bits per heavy atom. The van der Waals surface area contributed by atoms with Gasteiger partial charge in [-0.2, -0.15) is 0 Å². The topological polar surface area (TPSA) is 76.5 Å². The van der Waals surface area contributed by atoms with E-state index in [-0.39, 0.29) is 11.5 Å². The van der Waals surface area contributed by atoms with Crippen molar-refractivity contribution in [1.29, 1.82) is 0 Å². The van der Waals surface area contributed by atoms with Crippen molar-refractivity contribution in [1.82, 2.24) is 4.98 Å². The summed E-state index contributed by atoms with van der Waals surface area (Å²) in [5.74, 6) is -0.594. The van der Waals surface area contributed by atoms with Crippen molar-refractivity contribution in [2.45, 2.75) is 6.42 Å². The highest BCUT2D eigenvalue weighted by Gasteiger charge is 2.05. The third kappa shape index (κ3) is 6.66. The van der Waals surface area contributed by atoms with E-state index in [1.165, 1.54) is 18.5 Å². The van der Waals surface area contributed by atoms with E-state index in [1.54, 1.807) is 18.2 Å². The molecule has 0 saturated carbocycles. The summed E-state index contributed by atoms with van der Waals surface area (Å²) < 4.78 is 5.18. The van der Waals surface area contributed by atoms with Crippen LogP contribution >= 0.6 is 0 Å². The van der Waals surface area contributed by atoms with Crippen molar-refractivity contribution in [3.8, 4) is 5.75 Å². The average molecular weight is 335 g/mol. The molecule has 0 fully saturated rings. The molecule has 1 N–H and O–H groups in total. The zero-order valence-corrected chi connectivity index (χ0v) is 13.4. The lowest BCUT2D eigenvalue weighted by Gasteiger charge is -2.03. The fourth-order valence-corrected chi connectivity index (χ4v) is 1.91. The van der Waals surface area contributed by atoms with Crippen molar-refractivity contribution in [2.75, 3.05) is 0 Å². The maximum Gasteiger partial charge on any atom is 0.337 e. The summed E-state index contributed by atoms with van der Waals surface area (Å²) in [5.41, 5.74) is 1.18. The molecule has 0 amide bonds. The number of rotatable bonds is 4. The van der Waals surface area contributed by atoms with Crippen LogP contribution in [0.25, 0.3) is 0 Å². The summed E-state index contributed by atoms with van der Waals surface area (Å²) in [6.45, 7) is 0. The molecule has 2 aromatic carbocycles. The Bertz CT molecular complexity index is 746. The van der Waals surface area contributed by atoms with Crippen LogP contribution in [-0.2, 0) is 11.2 Å². The Kier molecular flexibility index (Phi) is 6.88. The number of ether oxygens (including phenoxy) is 1. The van der Waals surface area contributed by atoms with Gasteiger partial charge in [-0.15, -0.1) is 0 Å². The van der Waals surface area contributed by atoms with Crippen molar-refractivity contribution < 1.29 is 19.4 Å². The number of esters is 1. The summed E-state index contributed by atoms with van der Waals surface area (Å²) in [4.78, 5) is 25.3. The molecule has 0 radical (unpaired) electrons. The van der Waals surface area contributed by atoms with E-state index in [4.69, 9.17) is 9.84 Å². The number of benzene rings is 2. The second-order valence-electron chi connectivity index (χ2n) is 5.00. The molecule has 0 atom stereocenters. The van der Waals surface area contributed by atoms with Gasteiger partial charge in [-0.1, -0.05) is 48.5 Å². The van der Waals surface area contributed by atoms with Gasteiger partial charge in [-0.3, -0.25) is 9.78 Å². The number of hydrogen-bond donors (Lipinski definition) is 1. The van der Waals surface area contributed by atoms with Crippen LogP contribution in [-0.4, -0.2) is 22.0 Å². The third-order valence-corrected chi connectivity index (χ3v) is 3.07. The molecule has 3 rings (SSSR count). The second kappa shape index (κ2) is 9.62. The van der Waals surface area contributed by atoms with Crippen molar-refractivity contribution in [3.05, 3.63) is 96.3 Å². The first-order valence-corrected chi connectivity index (χ1v) is 7.58. The number of carbonyl (C=O) groups is 2. The summed E-state index contributed by atoms with van der Waals surface area (Å²) in [6, 6.07) is 21.7. The molecule has 1 aromatic heterocycles. The number of nitrogens with zero attached hydrogens (tertiary/aromatic N) is 1. The van der Waals surface area contributed by atoms with Gasteiger partial charge in [-0.05, 0) is 29.8 Å². The minimum absolute atomic E-state index is 0.220. The Balaban J connectivity index is 0.000000212. The first kappa shape index (κ1) is 17.9. The summed E-state index contributed by atoms with van der Waals surface area (Å²) in [6.07, 6.45) is 3.14. The molecule has 0 spiro atoms. The number of carboxylic acids is 1. The fourth-order valence-electron chi connectivity index (χ4n) is 1.91. The first-order valence-electron chi connectivity index (χ1n) is 7.58. The van der Waals surface area contributed by atoms with Gasteiger partial charge in [0.05, 0.1) is 12.0 Å². The fraction of sp³-hybridized carbons (Fsp3) is 0.0500. The lowest BCUT2D eigenvalue weighted by atomic mass is 10.2. The molecule has 0 aliphatic heterocycles. The van der Waals surface area contributed by atoms with Gasteiger partial charge >= 0.3 is 11.9 Å². The van der Waals surface area contributed by atoms with Crippen LogP contribution in [0.2, 0.25) is 0 Å². The van der Waals surface area contributed by atoms with E-state index in [0.717, 1.165) is 5.56 Å². The maximum atomic E-state index is 11.6. The van der Waals surface area contributed by atoms with E-state index in [1.807, 2.05) is 48.5 Å². The van der Waals surface area contributed by atoms with Crippen LogP contribution in [0.5, 0.6) is 5.75 Å². The summed E-state index contributed by atoms with van der Waals surface area (Å²) >= 11 is 0. The zero-order valence-electron chi connectivity index (χ0n) is 13.4. The molecule has 126 valence electrons. The Morgan fingerprint density at radius 1 is 0.880 bits per heavy atom. The molecule has 5 nitrogen and oxygen atoms in total. The normalized spacial score (nSPS) is 9.44. The quantitative estimate of drug-likeness (QED) is 0.582. The van der Waals surface area contributed by atoms with Gasteiger partial charge in [0.2, 0.25) is 0 Å². The zero-order chi connectivity index (χ0) is 17.9. The summed E-state index contributed by atoms with van der Waals surface area (Å²) in [7, 11) is 0. The molecule has 0 aliphatic rings. The Hall–Kier alpha value is -3.47. The minimum Gasteiger partial charge on any atom is -0.478 e. The number of hydrogen-bond acceptors (Lipinski definition) is 4. The predicted octanol–water partition coefficient (Wildman–Crippen LogP) is 3.61. The number of carbonyl (C=O) groups excluding carboxylic acids is 1. The van der Waals surface area contributed by atoms with Crippen molar-refractivity contribution in [3.63, 3.8) is 0 Å². The van der Waals surface area contributed by atoms with Gasteiger partial charge < -0.3 is 9.84 Å². The predicted molar refractivity (Wildman–Crippen MR) is 93.4 cm³/mol. The maximum absolute atomic E-state index is 11.6. The van der Waals surface area contributed by atoms with E-state index in [2.05, 4.69) is 4.98 Å². The molecule has 1 heterocycles. The van der Waals surface area contributed by atoms with Crippen LogP contribution in [0.15, 0.2) is 85.2 Å². The molecule has 0 aliphatic carbocycles. The Labute approximate surface area is 145 Å². The third-order valence-electron chi connectivity index (χ3n) is 3.07. The van der Waals surface area contributed by atoms with Crippen molar-refractivity contribution in [2.24, 2.45) is 0 Å². The molecule has 0 bridgehead atoms. The molecule has 3 aromatic rings. The largest absolute Gasteiger partial charge is 0.478 e. The van der Waals surface area contributed by atoms with Crippen LogP contribution in [0.1, 0.15) is 15.9 Å². The second-order valence-corrected chi connectivity index (χ2v) is 5.00. The minimum atomic E-state index is -0.942. The molecular weight excluding hydrogens is 318 g/mol. The SMILES string of the molecule is O=C(Cc1ccccc1)Oc1ccccc1.O=C(O)c1cccnc1. The van der Waals surface area contributed by atoms with Crippen molar-refractivity contribution >= 4 is 11.9 Å². The number of aromatic nitrogens is 1. The van der Waals surface area contributed by atoms with Gasteiger partial charge in [0.25, 0.3) is 0 Å². The highest BCUT2D eigenvalue weighted by atomic mass is 16.5. The summed E-state index contributed by atoms with van der Waals surface area (Å²) in [5, 5.41) is 8.34. The lowest BCUT2D eigenvalue weighted by molar-refractivity contribution is -0.133. The highest BCUT2D eigenvalue weighted by Crippen LogP contribution is 2.10. The highest BCUT2D eigenvalue weighted by molar-refractivity contribution is 5.86. The smallest absolute Gasteiger partial charge is 0.337 e. The standard InChI is InChI=1S/C14H12O2.C6H5NO2/c15-14(11-12-7-3-1-4-8-12)16-13-9-5-2-6-10-13;8-6(9)5-2-1-3-7-4-5/h1-10H,11H2;1-4H,(H,8,9). The number of aromatic carboxylic acids is 1. The molecule has 0 unspecified atom stereocenters. The van der Waals surface area contributed by atoms with Crippen LogP contribution in [0.4, 0.5) is 0 Å². The van der Waals surface area contributed by atoms with Crippen LogP contribution in [0.3, 0.4) is 0 Å². The van der Waals surface area contributed by atoms with E-state index in [9.17, 15) is 9.59 Å². The van der Waals surface area contributed by atoms with E-state index >= 15 is 0 Å².